The molecule has 0 spiro atoms. The average Bonchev–Trinajstić information content (AvgIpc) is 2.50. The molecule has 0 bridgehead atoms. The van der Waals surface area contributed by atoms with Crippen molar-refractivity contribution in [2.24, 2.45) is 5.84 Å². The molecule has 0 atom stereocenters. The van der Waals surface area contributed by atoms with E-state index < -0.39 is 0 Å². The van der Waals surface area contributed by atoms with E-state index in [4.69, 9.17) is 5.84 Å². The van der Waals surface area contributed by atoms with Crippen molar-refractivity contribution in [3.8, 4) is 11.1 Å². The number of aryl methyl sites for hydroxylation is 3. The standard InChI is InChI=1S/C19H28N4/c1-5-6-7-8-11-23(20)19-10-9-18(16(4)22-19)17-12-14(2)21-15(3)13-17/h9-10,12-13H,5-8,11,20H2,1-4H3. The summed E-state index contributed by atoms with van der Waals surface area (Å²) >= 11 is 0. The Balaban J connectivity index is 2.14. The first-order valence-corrected chi connectivity index (χ1v) is 8.46. The third-order valence-electron chi connectivity index (χ3n) is 4.01. The first-order valence-electron chi connectivity index (χ1n) is 8.46. The fourth-order valence-electron chi connectivity index (χ4n) is 2.83. The lowest BCUT2D eigenvalue weighted by atomic mass is 10.0. The Morgan fingerprint density at radius 1 is 0.957 bits per heavy atom. The number of hydrogen-bond acceptors (Lipinski definition) is 4. The minimum atomic E-state index is 0.838. The minimum absolute atomic E-state index is 0.838. The molecule has 0 saturated heterocycles. The zero-order valence-corrected chi connectivity index (χ0v) is 14.8. The number of aromatic nitrogens is 2. The molecule has 2 rings (SSSR count). The van der Waals surface area contributed by atoms with Crippen LogP contribution in [0.4, 0.5) is 5.82 Å². The van der Waals surface area contributed by atoms with Gasteiger partial charge in [0.05, 0.1) is 0 Å². The van der Waals surface area contributed by atoms with Crippen LogP contribution in [0.1, 0.15) is 49.7 Å². The molecule has 23 heavy (non-hydrogen) atoms. The van der Waals surface area contributed by atoms with Crippen LogP contribution in [0, 0.1) is 20.8 Å². The van der Waals surface area contributed by atoms with Crippen molar-refractivity contribution in [1.29, 1.82) is 0 Å². The Hall–Kier alpha value is -1.94. The van der Waals surface area contributed by atoms with Gasteiger partial charge in [-0.15, -0.1) is 0 Å². The van der Waals surface area contributed by atoms with Crippen molar-refractivity contribution in [1.82, 2.24) is 9.97 Å². The summed E-state index contributed by atoms with van der Waals surface area (Å²) in [5, 5.41) is 1.76. The Kier molecular flexibility index (Phi) is 6.11. The minimum Gasteiger partial charge on any atom is -0.295 e. The van der Waals surface area contributed by atoms with E-state index in [-0.39, 0.29) is 0 Å². The Morgan fingerprint density at radius 2 is 1.65 bits per heavy atom. The maximum Gasteiger partial charge on any atom is 0.142 e. The first-order chi connectivity index (χ1) is 11.0. The predicted molar refractivity (Wildman–Crippen MR) is 97.4 cm³/mol. The van der Waals surface area contributed by atoms with Gasteiger partial charge in [-0.2, -0.15) is 0 Å². The highest BCUT2D eigenvalue weighted by Gasteiger charge is 2.09. The van der Waals surface area contributed by atoms with Crippen LogP contribution in [0.25, 0.3) is 11.1 Å². The SMILES string of the molecule is CCCCCCN(N)c1ccc(-c2cc(C)nc(C)c2)c(C)n1. The van der Waals surface area contributed by atoms with Crippen molar-refractivity contribution in [3.05, 3.63) is 41.3 Å². The van der Waals surface area contributed by atoms with Gasteiger partial charge in [0, 0.05) is 29.2 Å². The maximum absolute atomic E-state index is 6.14. The molecule has 0 unspecified atom stereocenters. The lowest BCUT2D eigenvalue weighted by molar-refractivity contribution is 0.647. The molecule has 0 aliphatic rings. The van der Waals surface area contributed by atoms with Crippen LogP contribution >= 0.6 is 0 Å². The maximum atomic E-state index is 6.14. The predicted octanol–water partition coefficient (Wildman–Crippen LogP) is 4.33. The summed E-state index contributed by atoms with van der Waals surface area (Å²) in [4.78, 5) is 9.12. The molecule has 2 heterocycles. The largest absolute Gasteiger partial charge is 0.295 e. The Morgan fingerprint density at radius 3 is 2.26 bits per heavy atom. The van der Waals surface area contributed by atoms with Gasteiger partial charge in [-0.05, 0) is 57.0 Å². The van der Waals surface area contributed by atoms with E-state index in [1.165, 1.54) is 19.3 Å². The van der Waals surface area contributed by atoms with E-state index >= 15 is 0 Å². The average molecular weight is 312 g/mol. The van der Waals surface area contributed by atoms with E-state index in [2.05, 4.69) is 35.1 Å². The van der Waals surface area contributed by atoms with Crippen LogP contribution < -0.4 is 10.9 Å². The number of nitrogens with two attached hydrogens (primary N) is 1. The van der Waals surface area contributed by atoms with Gasteiger partial charge < -0.3 is 0 Å². The topological polar surface area (TPSA) is 55.0 Å². The number of rotatable bonds is 7. The fraction of sp³-hybridized carbons (Fsp3) is 0.474. The second-order valence-corrected chi connectivity index (χ2v) is 6.20. The van der Waals surface area contributed by atoms with Crippen molar-refractivity contribution in [2.45, 2.75) is 53.4 Å². The lowest BCUT2D eigenvalue weighted by Gasteiger charge is -2.19. The molecular formula is C19H28N4. The highest BCUT2D eigenvalue weighted by atomic mass is 15.4. The molecule has 0 radical (unpaired) electrons. The summed E-state index contributed by atoms with van der Waals surface area (Å²) < 4.78 is 0. The van der Waals surface area contributed by atoms with Crippen LogP contribution in [-0.2, 0) is 0 Å². The molecule has 124 valence electrons. The molecule has 2 aromatic rings. The molecule has 0 fully saturated rings. The lowest BCUT2D eigenvalue weighted by Crippen LogP contribution is -2.32. The third kappa shape index (κ3) is 4.76. The molecule has 0 aromatic carbocycles. The van der Waals surface area contributed by atoms with Gasteiger partial charge in [0.2, 0.25) is 0 Å². The van der Waals surface area contributed by atoms with Crippen molar-refractivity contribution >= 4 is 5.82 Å². The quantitative estimate of drug-likeness (QED) is 0.470. The summed E-state index contributed by atoms with van der Waals surface area (Å²) in [5.41, 5.74) is 5.36. The Labute approximate surface area is 139 Å². The van der Waals surface area contributed by atoms with E-state index in [0.29, 0.717) is 0 Å². The number of pyridine rings is 2. The molecule has 0 aliphatic carbocycles. The summed E-state index contributed by atoms with van der Waals surface area (Å²) in [5.74, 6) is 6.98. The van der Waals surface area contributed by atoms with Crippen molar-refractivity contribution in [3.63, 3.8) is 0 Å². The van der Waals surface area contributed by atoms with E-state index in [0.717, 1.165) is 47.0 Å². The van der Waals surface area contributed by atoms with Crippen LogP contribution in [-0.4, -0.2) is 16.5 Å². The zero-order chi connectivity index (χ0) is 16.8. The monoisotopic (exact) mass is 312 g/mol. The second kappa shape index (κ2) is 8.06. The van der Waals surface area contributed by atoms with Gasteiger partial charge >= 0.3 is 0 Å². The molecule has 2 aromatic heterocycles. The Bertz CT molecular complexity index is 632. The third-order valence-corrected chi connectivity index (χ3v) is 4.01. The van der Waals surface area contributed by atoms with E-state index in [1.54, 1.807) is 5.01 Å². The van der Waals surface area contributed by atoms with Crippen LogP contribution in [0.5, 0.6) is 0 Å². The van der Waals surface area contributed by atoms with E-state index in [1.807, 2.05) is 26.8 Å². The first kappa shape index (κ1) is 17.4. The second-order valence-electron chi connectivity index (χ2n) is 6.20. The highest BCUT2D eigenvalue weighted by Crippen LogP contribution is 2.25. The van der Waals surface area contributed by atoms with Crippen LogP contribution in [0.15, 0.2) is 24.3 Å². The van der Waals surface area contributed by atoms with Gasteiger partial charge in [0.25, 0.3) is 0 Å². The van der Waals surface area contributed by atoms with Gasteiger partial charge in [0.1, 0.15) is 5.82 Å². The molecule has 4 heteroatoms. The number of hydrazine groups is 1. The molecule has 0 aliphatic heterocycles. The smallest absolute Gasteiger partial charge is 0.142 e. The number of hydrogen-bond donors (Lipinski definition) is 1. The number of unbranched alkanes of at least 4 members (excludes halogenated alkanes) is 3. The number of nitrogens with zero attached hydrogens (tertiary/aromatic N) is 3. The molecule has 0 amide bonds. The summed E-state index contributed by atoms with van der Waals surface area (Å²) in [6.45, 7) is 9.14. The number of anilines is 1. The van der Waals surface area contributed by atoms with Gasteiger partial charge in [-0.1, -0.05) is 26.2 Å². The van der Waals surface area contributed by atoms with Gasteiger partial charge in [0.15, 0.2) is 0 Å². The summed E-state index contributed by atoms with van der Waals surface area (Å²) in [6, 6.07) is 8.31. The molecular weight excluding hydrogens is 284 g/mol. The molecule has 0 saturated carbocycles. The molecule has 2 N–H and O–H groups in total. The molecule has 4 nitrogen and oxygen atoms in total. The van der Waals surface area contributed by atoms with Crippen molar-refractivity contribution in [2.75, 3.05) is 11.6 Å². The van der Waals surface area contributed by atoms with Crippen LogP contribution in [0.2, 0.25) is 0 Å². The summed E-state index contributed by atoms with van der Waals surface area (Å²) in [6.07, 6.45) is 4.83. The van der Waals surface area contributed by atoms with Gasteiger partial charge in [-0.3, -0.25) is 9.99 Å². The zero-order valence-electron chi connectivity index (χ0n) is 14.8. The fourth-order valence-corrected chi connectivity index (χ4v) is 2.83. The highest BCUT2D eigenvalue weighted by molar-refractivity contribution is 5.67. The van der Waals surface area contributed by atoms with Crippen LogP contribution in [0.3, 0.4) is 0 Å². The van der Waals surface area contributed by atoms with E-state index in [9.17, 15) is 0 Å². The normalized spacial score (nSPS) is 10.8. The van der Waals surface area contributed by atoms with Gasteiger partial charge in [-0.25, -0.2) is 10.8 Å². The van der Waals surface area contributed by atoms with Crippen molar-refractivity contribution < 1.29 is 0 Å². The summed E-state index contributed by atoms with van der Waals surface area (Å²) in [7, 11) is 0.